The van der Waals surface area contributed by atoms with Crippen molar-refractivity contribution in [3.63, 3.8) is 0 Å². The highest BCUT2D eigenvalue weighted by atomic mass is 16.5. The molecule has 15 heavy (non-hydrogen) atoms. The van der Waals surface area contributed by atoms with Crippen LogP contribution in [0.25, 0.3) is 5.57 Å². The van der Waals surface area contributed by atoms with Crippen LogP contribution in [0.5, 0.6) is 5.75 Å². The van der Waals surface area contributed by atoms with Gasteiger partial charge in [0.2, 0.25) is 5.43 Å². The van der Waals surface area contributed by atoms with E-state index in [4.69, 9.17) is 4.74 Å². The van der Waals surface area contributed by atoms with Crippen LogP contribution in [0.2, 0.25) is 0 Å². The molecule has 2 rings (SSSR count). The van der Waals surface area contributed by atoms with Crippen molar-refractivity contribution in [2.75, 3.05) is 7.11 Å². The summed E-state index contributed by atoms with van der Waals surface area (Å²) in [5.41, 5.74) is 2.21. The summed E-state index contributed by atoms with van der Waals surface area (Å²) in [5.74, 6) is 0.382. The normalized spacial score (nSPS) is 13.8. The lowest BCUT2D eigenvalue weighted by molar-refractivity contribution is 0.411. The number of methoxy groups -OCH3 is 1. The molecular formula is C13H12O2. The van der Waals surface area contributed by atoms with Gasteiger partial charge in [-0.15, -0.1) is 0 Å². The van der Waals surface area contributed by atoms with E-state index in [2.05, 4.69) is 12.2 Å². The van der Waals surface area contributed by atoms with Gasteiger partial charge in [-0.3, -0.25) is 4.79 Å². The second kappa shape index (κ2) is 4.13. The summed E-state index contributed by atoms with van der Waals surface area (Å²) in [6.07, 6.45) is 7.11. The SMILES string of the molecule is COc1ccc(C2=CC=CC2)ccc1=O. The van der Waals surface area contributed by atoms with Crippen LogP contribution in [0.15, 0.2) is 47.3 Å². The van der Waals surface area contributed by atoms with Gasteiger partial charge in [0, 0.05) is 0 Å². The molecule has 0 saturated carbocycles. The Kier molecular flexibility index (Phi) is 2.68. The molecule has 0 N–H and O–H groups in total. The molecule has 0 fully saturated rings. The van der Waals surface area contributed by atoms with E-state index in [1.54, 1.807) is 12.1 Å². The van der Waals surface area contributed by atoms with Crippen LogP contribution in [0, 0.1) is 0 Å². The van der Waals surface area contributed by atoms with Crippen molar-refractivity contribution in [1.82, 2.24) is 0 Å². The lowest BCUT2D eigenvalue weighted by Gasteiger charge is -1.96. The monoisotopic (exact) mass is 200 g/mol. The van der Waals surface area contributed by atoms with Gasteiger partial charge in [0.25, 0.3) is 0 Å². The highest BCUT2D eigenvalue weighted by molar-refractivity contribution is 5.70. The molecule has 2 nitrogen and oxygen atoms in total. The van der Waals surface area contributed by atoms with E-state index in [1.807, 2.05) is 18.2 Å². The first-order chi connectivity index (χ1) is 7.31. The molecule has 0 saturated heterocycles. The zero-order valence-electron chi connectivity index (χ0n) is 8.57. The highest BCUT2D eigenvalue weighted by Crippen LogP contribution is 2.22. The summed E-state index contributed by atoms with van der Waals surface area (Å²) in [6, 6.07) is 7.02. The fraction of sp³-hybridized carbons (Fsp3) is 0.154. The van der Waals surface area contributed by atoms with Crippen molar-refractivity contribution in [2.45, 2.75) is 6.42 Å². The molecule has 0 amide bonds. The maximum absolute atomic E-state index is 11.5. The number of hydrogen-bond acceptors (Lipinski definition) is 2. The van der Waals surface area contributed by atoms with Crippen LogP contribution in [0.4, 0.5) is 0 Å². The predicted molar refractivity (Wildman–Crippen MR) is 61.0 cm³/mol. The van der Waals surface area contributed by atoms with Crippen LogP contribution < -0.4 is 10.2 Å². The van der Waals surface area contributed by atoms with Crippen molar-refractivity contribution < 1.29 is 4.74 Å². The first-order valence-corrected chi connectivity index (χ1v) is 4.86. The lowest BCUT2D eigenvalue weighted by atomic mass is 10.1. The Morgan fingerprint density at radius 1 is 1.20 bits per heavy atom. The molecule has 76 valence electrons. The molecule has 0 aliphatic heterocycles. The predicted octanol–water partition coefficient (Wildman–Crippen LogP) is 2.40. The van der Waals surface area contributed by atoms with Crippen molar-refractivity contribution in [1.29, 1.82) is 0 Å². The summed E-state index contributed by atoms with van der Waals surface area (Å²) < 4.78 is 4.98. The standard InChI is InChI=1S/C13H12O2/c1-15-13-9-7-11(6-8-12(13)14)10-4-2-3-5-10/h2-4,6-9H,5H2,1H3. The Morgan fingerprint density at radius 2 is 2.00 bits per heavy atom. The molecule has 1 aromatic rings. The number of rotatable bonds is 2. The van der Waals surface area contributed by atoms with Crippen LogP contribution in [-0.4, -0.2) is 7.11 Å². The van der Waals surface area contributed by atoms with Gasteiger partial charge in [-0.1, -0.05) is 30.4 Å². The van der Waals surface area contributed by atoms with Gasteiger partial charge in [0.1, 0.15) is 0 Å². The molecule has 0 heterocycles. The van der Waals surface area contributed by atoms with E-state index in [0.29, 0.717) is 5.75 Å². The minimum atomic E-state index is -0.0877. The highest BCUT2D eigenvalue weighted by Gasteiger charge is 2.03. The van der Waals surface area contributed by atoms with E-state index >= 15 is 0 Å². The summed E-state index contributed by atoms with van der Waals surface area (Å²) in [5, 5.41) is 0. The number of ether oxygens (including phenoxy) is 1. The van der Waals surface area contributed by atoms with Crippen LogP contribution in [-0.2, 0) is 0 Å². The Labute approximate surface area is 88.5 Å². The van der Waals surface area contributed by atoms with Crippen LogP contribution in [0.3, 0.4) is 0 Å². The molecule has 1 aliphatic rings. The fourth-order valence-corrected chi connectivity index (χ4v) is 1.59. The first-order valence-electron chi connectivity index (χ1n) is 4.86. The van der Waals surface area contributed by atoms with Gasteiger partial charge in [-0.05, 0) is 29.7 Å². The van der Waals surface area contributed by atoms with Gasteiger partial charge in [0.15, 0.2) is 5.75 Å². The Bertz CT molecular complexity index is 484. The van der Waals surface area contributed by atoms with Gasteiger partial charge >= 0.3 is 0 Å². The van der Waals surface area contributed by atoms with Gasteiger partial charge in [-0.25, -0.2) is 0 Å². The van der Waals surface area contributed by atoms with Crippen LogP contribution in [0.1, 0.15) is 12.0 Å². The number of hydrogen-bond donors (Lipinski definition) is 0. The quantitative estimate of drug-likeness (QED) is 0.732. The summed E-state index contributed by atoms with van der Waals surface area (Å²) in [6.45, 7) is 0. The van der Waals surface area contributed by atoms with Gasteiger partial charge in [0.05, 0.1) is 7.11 Å². The minimum absolute atomic E-state index is 0.0877. The van der Waals surface area contributed by atoms with E-state index < -0.39 is 0 Å². The van der Waals surface area contributed by atoms with E-state index in [0.717, 1.165) is 12.0 Å². The van der Waals surface area contributed by atoms with E-state index in [-0.39, 0.29) is 5.43 Å². The second-order valence-electron chi connectivity index (χ2n) is 3.38. The molecule has 0 unspecified atom stereocenters. The maximum Gasteiger partial charge on any atom is 0.220 e. The summed E-state index contributed by atoms with van der Waals surface area (Å²) in [4.78, 5) is 11.5. The topological polar surface area (TPSA) is 26.3 Å². The van der Waals surface area contributed by atoms with Crippen molar-refractivity contribution in [2.24, 2.45) is 0 Å². The fourth-order valence-electron chi connectivity index (χ4n) is 1.59. The molecule has 0 aromatic heterocycles. The van der Waals surface area contributed by atoms with Crippen molar-refractivity contribution in [3.8, 4) is 5.75 Å². The molecule has 0 bridgehead atoms. The molecule has 2 heteroatoms. The largest absolute Gasteiger partial charge is 0.493 e. The number of allylic oxidation sites excluding steroid dienone is 4. The Balaban J connectivity index is 2.45. The molecular weight excluding hydrogens is 188 g/mol. The Morgan fingerprint density at radius 3 is 2.67 bits per heavy atom. The zero-order chi connectivity index (χ0) is 10.7. The third-order valence-electron chi connectivity index (χ3n) is 2.43. The average Bonchev–Trinajstić information content (AvgIpc) is 2.70. The van der Waals surface area contributed by atoms with Crippen LogP contribution >= 0.6 is 0 Å². The lowest BCUT2D eigenvalue weighted by Crippen LogP contribution is -1.98. The van der Waals surface area contributed by atoms with Crippen molar-refractivity contribution in [3.05, 3.63) is 58.3 Å². The third-order valence-corrected chi connectivity index (χ3v) is 2.43. The molecule has 0 atom stereocenters. The maximum atomic E-state index is 11.5. The van der Waals surface area contributed by atoms with Gasteiger partial charge in [-0.2, -0.15) is 0 Å². The van der Waals surface area contributed by atoms with Crippen molar-refractivity contribution >= 4 is 5.57 Å². The molecule has 0 radical (unpaired) electrons. The second-order valence-corrected chi connectivity index (χ2v) is 3.38. The third kappa shape index (κ3) is 1.99. The average molecular weight is 200 g/mol. The summed E-state index contributed by atoms with van der Waals surface area (Å²) in [7, 11) is 1.51. The first kappa shape index (κ1) is 9.71. The zero-order valence-corrected chi connectivity index (χ0v) is 8.57. The van der Waals surface area contributed by atoms with E-state index in [1.165, 1.54) is 12.7 Å². The van der Waals surface area contributed by atoms with Gasteiger partial charge < -0.3 is 4.74 Å². The Hall–Kier alpha value is -1.83. The smallest absolute Gasteiger partial charge is 0.220 e. The molecule has 0 spiro atoms. The molecule has 1 aromatic carbocycles. The summed E-state index contributed by atoms with van der Waals surface area (Å²) >= 11 is 0. The molecule has 1 aliphatic carbocycles. The van der Waals surface area contributed by atoms with E-state index in [9.17, 15) is 4.79 Å². The minimum Gasteiger partial charge on any atom is -0.493 e.